The molecule has 0 spiro atoms. The Bertz CT molecular complexity index is 558. The van der Waals surface area contributed by atoms with E-state index in [-0.39, 0.29) is 12.4 Å². The van der Waals surface area contributed by atoms with Crippen LogP contribution in [-0.2, 0) is 9.84 Å². The van der Waals surface area contributed by atoms with Gasteiger partial charge in [0.25, 0.3) is 0 Å². The maximum absolute atomic E-state index is 11.9. The summed E-state index contributed by atoms with van der Waals surface area (Å²) in [5.41, 5.74) is 0.306. The molecule has 4 nitrogen and oxygen atoms in total. The van der Waals surface area contributed by atoms with E-state index < -0.39 is 14.6 Å². The maximum atomic E-state index is 11.9. The van der Waals surface area contributed by atoms with Crippen molar-refractivity contribution in [2.75, 3.05) is 12.4 Å². The van der Waals surface area contributed by atoms with Crippen LogP contribution in [0.3, 0.4) is 0 Å². The van der Waals surface area contributed by atoms with Crippen molar-refractivity contribution in [1.82, 2.24) is 0 Å². The minimum Gasteiger partial charge on any atom is -0.492 e. The summed E-state index contributed by atoms with van der Waals surface area (Å²) in [5, 5.41) is 0.428. The molecule has 1 aromatic rings. The summed E-state index contributed by atoms with van der Waals surface area (Å²) in [4.78, 5) is 10.8. The number of ether oxygens (including phenoxy) is 1. The molecule has 6 heteroatoms. The van der Waals surface area contributed by atoms with Crippen LogP contribution in [0.4, 0.5) is 0 Å². The molecular formula is C13H17ClO4S. The lowest BCUT2D eigenvalue weighted by Crippen LogP contribution is -2.32. The number of rotatable bonds is 5. The molecule has 1 aromatic carbocycles. The topological polar surface area (TPSA) is 60.4 Å². The average molecular weight is 305 g/mol. The first-order chi connectivity index (χ1) is 8.67. The summed E-state index contributed by atoms with van der Waals surface area (Å²) in [6, 6.07) is 4.61. The van der Waals surface area contributed by atoms with Crippen molar-refractivity contribution in [3.05, 3.63) is 28.8 Å². The second-order valence-corrected chi connectivity index (χ2v) is 8.38. The number of sulfone groups is 1. The Morgan fingerprint density at radius 2 is 1.95 bits per heavy atom. The smallest absolute Gasteiger partial charge is 0.158 e. The minimum absolute atomic E-state index is 0.00206. The molecular weight excluding hydrogens is 288 g/mol. The standard InChI is InChI=1S/C13H17ClO4S/c1-13(2,3)19(16,17)7-6-18-12-5-4-11(14)8-10(12)9-15/h4-5,8-9H,6-7H2,1-3H3. The van der Waals surface area contributed by atoms with Crippen molar-refractivity contribution in [3.63, 3.8) is 0 Å². The van der Waals surface area contributed by atoms with E-state index in [9.17, 15) is 13.2 Å². The van der Waals surface area contributed by atoms with Crippen LogP contribution in [0, 0.1) is 0 Å². The molecule has 0 fully saturated rings. The molecule has 1 rings (SSSR count). The molecule has 0 saturated heterocycles. The van der Waals surface area contributed by atoms with Gasteiger partial charge in [-0.15, -0.1) is 0 Å². The molecule has 19 heavy (non-hydrogen) atoms. The second kappa shape index (κ2) is 5.92. The molecule has 0 radical (unpaired) electrons. The molecule has 0 amide bonds. The fourth-order valence-electron chi connectivity index (χ4n) is 1.31. The fraction of sp³-hybridized carbons (Fsp3) is 0.462. The summed E-state index contributed by atoms with van der Waals surface area (Å²) in [5.74, 6) is 0.237. The Morgan fingerprint density at radius 1 is 1.32 bits per heavy atom. The molecule has 106 valence electrons. The number of hydrogen-bond donors (Lipinski definition) is 0. The van der Waals surface area contributed by atoms with Crippen LogP contribution < -0.4 is 4.74 Å². The van der Waals surface area contributed by atoms with Gasteiger partial charge in [0.1, 0.15) is 12.4 Å². The van der Waals surface area contributed by atoms with Crippen LogP contribution in [-0.4, -0.2) is 31.8 Å². The van der Waals surface area contributed by atoms with Gasteiger partial charge in [-0.05, 0) is 39.0 Å². The first-order valence-corrected chi connectivity index (χ1v) is 7.80. The lowest BCUT2D eigenvalue weighted by atomic mass is 10.2. The van der Waals surface area contributed by atoms with Gasteiger partial charge in [0.15, 0.2) is 16.1 Å². The van der Waals surface area contributed by atoms with E-state index in [0.29, 0.717) is 22.6 Å². The largest absolute Gasteiger partial charge is 0.492 e. The molecule has 0 heterocycles. The van der Waals surface area contributed by atoms with Crippen LogP contribution in [0.2, 0.25) is 5.02 Å². The van der Waals surface area contributed by atoms with Crippen LogP contribution >= 0.6 is 11.6 Å². The highest BCUT2D eigenvalue weighted by atomic mass is 35.5. The molecule has 0 aliphatic carbocycles. The first-order valence-electron chi connectivity index (χ1n) is 5.77. The number of benzene rings is 1. The number of carbonyl (C=O) groups is 1. The van der Waals surface area contributed by atoms with E-state index in [1.54, 1.807) is 32.9 Å². The van der Waals surface area contributed by atoms with Crippen molar-refractivity contribution < 1.29 is 17.9 Å². The number of aldehydes is 1. The van der Waals surface area contributed by atoms with Crippen LogP contribution in [0.5, 0.6) is 5.75 Å². The molecule has 0 N–H and O–H groups in total. The van der Waals surface area contributed by atoms with E-state index >= 15 is 0 Å². The zero-order valence-electron chi connectivity index (χ0n) is 11.1. The molecule has 0 unspecified atom stereocenters. The molecule has 0 saturated carbocycles. The molecule has 0 aliphatic rings. The Balaban J connectivity index is 2.72. The Hall–Kier alpha value is -1.07. The SMILES string of the molecule is CC(C)(C)S(=O)(=O)CCOc1ccc(Cl)cc1C=O. The van der Waals surface area contributed by atoms with Crippen molar-refractivity contribution >= 4 is 27.7 Å². The van der Waals surface area contributed by atoms with Crippen LogP contribution in [0.1, 0.15) is 31.1 Å². The summed E-state index contributed by atoms with van der Waals surface area (Å²) < 4.78 is 28.3. The predicted molar refractivity (Wildman–Crippen MR) is 75.9 cm³/mol. The Kier molecular flexibility index (Phi) is 4.98. The average Bonchev–Trinajstić information content (AvgIpc) is 2.29. The first kappa shape index (κ1) is 16.0. The monoisotopic (exact) mass is 304 g/mol. The Labute approximate surface area is 118 Å². The number of hydrogen-bond acceptors (Lipinski definition) is 4. The minimum atomic E-state index is -3.24. The van der Waals surface area contributed by atoms with Gasteiger partial charge in [-0.1, -0.05) is 11.6 Å². The summed E-state index contributed by atoms with van der Waals surface area (Å²) in [6.07, 6.45) is 0.624. The molecule has 0 atom stereocenters. The summed E-state index contributed by atoms with van der Waals surface area (Å²) in [6.45, 7) is 4.92. The summed E-state index contributed by atoms with van der Waals surface area (Å²) >= 11 is 5.75. The zero-order valence-corrected chi connectivity index (χ0v) is 12.7. The normalized spacial score (nSPS) is 12.2. The van der Waals surface area contributed by atoms with Crippen molar-refractivity contribution in [3.8, 4) is 5.75 Å². The highest BCUT2D eigenvalue weighted by Gasteiger charge is 2.28. The molecule has 0 bridgehead atoms. The zero-order chi connectivity index (χ0) is 14.7. The second-order valence-electron chi connectivity index (χ2n) is 5.08. The number of carbonyl (C=O) groups excluding carboxylic acids is 1. The lowest BCUT2D eigenvalue weighted by molar-refractivity contribution is 0.112. The maximum Gasteiger partial charge on any atom is 0.158 e. The van der Waals surface area contributed by atoms with Crippen molar-refractivity contribution in [1.29, 1.82) is 0 Å². The highest BCUT2D eigenvalue weighted by Crippen LogP contribution is 2.22. The van der Waals surface area contributed by atoms with Gasteiger partial charge in [0.05, 0.1) is 16.1 Å². The van der Waals surface area contributed by atoms with E-state index in [4.69, 9.17) is 16.3 Å². The predicted octanol–water partition coefficient (Wildman–Crippen LogP) is 2.74. The van der Waals surface area contributed by atoms with Crippen LogP contribution in [0.15, 0.2) is 18.2 Å². The van der Waals surface area contributed by atoms with E-state index in [2.05, 4.69) is 0 Å². The highest BCUT2D eigenvalue weighted by molar-refractivity contribution is 7.92. The van der Waals surface area contributed by atoms with Gasteiger partial charge in [0.2, 0.25) is 0 Å². The van der Waals surface area contributed by atoms with Crippen LogP contribution in [0.25, 0.3) is 0 Å². The van der Waals surface area contributed by atoms with Gasteiger partial charge >= 0.3 is 0 Å². The van der Waals surface area contributed by atoms with Gasteiger partial charge < -0.3 is 4.74 Å². The van der Waals surface area contributed by atoms with E-state index in [0.717, 1.165) is 0 Å². The van der Waals surface area contributed by atoms with Gasteiger partial charge in [-0.3, -0.25) is 4.79 Å². The third-order valence-corrected chi connectivity index (χ3v) is 5.45. The summed E-state index contributed by atoms with van der Waals surface area (Å²) in [7, 11) is -3.24. The van der Waals surface area contributed by atoms with Gasteiger partial charge in [-0.25, -0.2) is 8.42 Å². The molecule has 0 aromatic heterocycles. The fourth-order valence-corrected chi connectivity index (χ4v) is 2.41. The third-order valence-electron chi connectivity index (χ3n) is 2.64. The van der Waals surface area contributed by atoms with Gasteiger partial charge in [0, 0.05) is 5.02 Å². The van der Waals surface area contributed by atoms with Crippen molar-refractivity contribution in [2.45, 2.75) is 25.5 Å². The number of halogens is 1. The quantitative estimate of drug-likeness (QED) is 0.785. The third kappa shape index (κ3) is 4.21. The van der Waals surface area contributed by atoms with E-state index in [1.165, 1.54) is 6.07 Å². The van der Waals surface area contributed by atoms with E-state index in [1.807, 2.05) is 0 Å². The Morgan fingerprint density at radius 3 is 2.47 bits per heavy atom. The lowest BCUT2D eigenvalue weighted by Gasteiger charge is -2.19. The molecule has 0 aliphatic heterocycles. The van der Waals surface area contributed by atoms with Crippen molar-refractivity contribution in [2.24, 2.45) is 0 Å². The van der Waals surface area contributed by atoms with Gasteiger partial charge in [-0.2, -0.15) is 0 Å².